The smallest absolute Gasteiger partial charge is 0.194 e. The van der Waals surface area contributed by atoms with E-state index in [2.05, 4.69) is 0 Å². The number of rotatable bonds is 7. The summed E-state index contributed by atoms with van der Waals surface area (Å²) in [5.41, 5.74) is 0.652. The van der Waals surface area contributed by atoms with Crippen LogP contribution in [0.25, 0.3) is 11.1 Å². The van der Waals surface area contributed by atoms with Gasteiger partial charge >= 0.3 is 0 Å². The Kier molecular flexibility index (Phi) is 6.70. The number of unbranched alkanes of at least 4 members (excludes halogenated alkanes) is 1. The Labute approximate surface area is 169 Å². The fourth-order valence-electron chi connectivity index (χ4n) is 3.03. The molecule has 0 amide bonds. The van der Waals surface area contributed by atoms with E-state index in [1.54, 1.807) is 6.07 Å². The van der Waals surface area contributed by atoms with Crippen molar-refractivity contribution in [2.24, 2.45) is 0 Å². The van der Waals surface area contributed by atoms with E-state index in [4.69, 9.17) is 4.74 Å². The van der Waals surface area contributed by atoms with Crippen LogP contribution in [0.1, 0.15) is 30.9 Å². The molecule has 0 spiro atoms. The van der Waals surface area contributed by atoms with Crippen molar-refractivity contribution in [1.82, 2.24) is 0 Å². The van der Waals surface area contributed by atoms with Gasteiger partial charge < -0.3 is 4.74 Å². The molecule has 3 aromatic carbocycles. The van der Waals surface area contributed by atoms with Gasteiger partial charge in [-0.1, -0.05) is 25.5 Å². The van der Waals surface area contributed by atoms with Gasteiger partial charge in [-0.25, -0.2) is 26.3 Å². The van der Waals surface area contributed by atoms with Crippen LogP contribution in [-0.2, 0) is 13.0 Å². The van der Waals surface area contributed by atoms with Crippen LogP contribution in [0.5, 0.6) is 5.75 Å². The zero-order chi connectivity index (χ0) is 21.8. The molecule has 0 aliphatic heterocycles. The molecular formula is C23H18F6O. The highest BCUT2D eigenvalue weighted by molar-refractivity contribution is 5.65. The molecule has 0 bridgehead atoms. The van der Waals surface area contributed by atoms with Crippen LogP contribution in [0.2, 0.25) is 0 Å². The molecule has 7 heteroatoms. The van der Waals surface area contributed by atoms with Crippen molar-refractivity contribution in [3.05, 3.63) is 88.5 Å². The summed E-state index contributed by atoms with van der Waals surface area (Å²) in [5.74, 6) is -8.14. The lowest BCUT2D eigenvalue weighted by molar-refractivity contribution is 0.272. The van der Waals surface area contributed by atoms with Gasteiger partial charge in [0, 0.05) is 5.56 Å². The summed E-state index contributed by atoms with van der Waals surface area (Å²) in [4.78, 5) is 0. The molecular weight excluding hydrogens is 406 g/mol. The third-order valence-electron chi connectivity index (χ3n) is 4.59. The molecule has 0 aliphatic rings. The lowest BCUT2D eigenvalue weighted by Gasteiger charge is -2.12. The first kappa shape index (κ1) is 21.7. The molecule has 0 heterocycles. The van der Waals surface area contributed by atoms with E-state index in [0.717, 1.165) is 30.5 Å². The van der Waals surface area contributed by atoms with Crippen LogP contribution in [0.3, 0.4) is 0 Å². The number of benzene rings is 3. The van der Waals surface area contributed by atoms with Crippen LogP contribution in [0.15, 0.2) is 42.5 Å². The van der Waals surface area contributed by atoms with Crippen LogP contribution in [0, 0.1) is 34.9 Å². The Morgan fingerprint density at radius 1 is 0.700 bits per heavy atom. The van der Waals surface area contributed by atoms with Gasteiger partial charge in [0.1, 0.15) is 12.4 Å². The number of aryl methyl sites for hydroxylation is 1. The maximum absolute atomic E-state index is 14.4. The first-order valence-electron chi connectivity index (χ1n) is 9.34. The highest BCUT2D eigenvalue weighted by Crippen LogP contribution is 2.31. The fourth-order valence-corrected chi connectivity index (χ4v) is 3.03. The predicted molar refractivity (Wildman–Crippen MR) is 101 cm³/mol. The average molecular weight is 424 g/mol. The summed E-state index contributed by atoms with van der Waals surface area (Å²) in [6.45, 7) is 1.42. The summed E-state index contributed by atoms with van der Waals surface area (Å²) in [6.07, 6.45) is 2.56. The molecule has 30 heavy (non-hydrogen) atoms. The van der Waals surface area contributed by atoms with E-state index < -0.39 is 47.3 Å². The Hall–Kier alpha value is -2.96. The Morgan fingerprint density at radius 2 is 1.30 bits per heavy atom. The van der Waals surface area contributed by atoms with Crippen molar-refractivity contribution >= 4 is 0 Å². The predicted octanol–water partition coefficient (Wildman–Crippen LogP) is 7.11. The molecule has 0 radical (unpaired) electrons. The Balaban J connectivity index is 1.82. The Morgan fingerprint density at radius 3 is 1.87 bits per heavy atom. The van der Waals surface area contributed by atoms with Gasteiger partial charge in [-0.05, 0) is 59.9 Å². The average Bonchev–Trinajstić information content (AvgIpc) is 2.69. The SMILES string of the molecule is CCCCc1ccc(-c2cc(F)c(OCc3cc(F)c(F)c(F)c3)c(F)c2)c(F)c1. The second-order valence-electron chi connectivity index (χ2n) is 6.85. The van der Waals surface area contributed by atoms with Crippen molar-refractivity contribution in [3.63, 3.8) is 0 Å². The van der Waals surface area contributed by atoms with Gasteiger partial charge in [0.2, 0.25) is 0 Å². The van der Waals surface area contributed by atoms with Crippen molar-refractivity contribution in [2.75, 3.05) is 0 Å². The molecule has 0 fully saturated rings. The fraction of sp³-hybridized carbons (Fsp3) is 0.217. The van der Waals surface area contributed by atoms with Crippen LogP contribution >= 0.6 is 0 Å². The van der Waals surface area contributed by atoms with E-state index in [9.17, 15) is 26.3 Å². The monoisotopic (exact) mass is 424 g/mol. The third-order valence-corrected chi connectivity index (χ3v) is 4.59. The minimum atomic E-state index is -1.65. The molecule has 0 aromatic heterocycles. The second-order valence-corrected chi connectivity index (χ2v) is 6.85. The molecule has 0 atom stereocenters. The second kappa shape index (κ2) is 9.24. The van der Waals surface area contributed by atoms with Gasteiger partial charge in [0.15, 0.2) is 34.8 Å². The van der Waals surface area contributed by atoms with Gasteiger partial charge in [-0.3, -0.25) is 0 Å². The molecule has 1 nitrogen and oxygen atoms in total. The van der Waals surface area contributed by atoms with Crippen molar-refractivity contribution in [1.29, 1.82) is 0 Å². The van der Waals surface area contributed by atoms with Gasteiger partial charge in [-0.2, -0.15) is 0 Å². The van der Waals surface area contributed by atoms with Crippen molar-refractivity contribution in [2.45, 2.75) is 32.8 Å². The normalized spacial score (nSPS) is 11.0. The number of ether oxygens (including phenoxy) is 1. The van der Waals surface area contributed by atoms with Crippen molar-refractivity contribution in [3.8, 4) is 16.9 Å². The third kappa shape index (κ3) is 4.78. The lowest BCUT2D eigenvalue weighted by atomic mass is 10.0. The molecule has 0 saturated carbocycles. The van der Waals surface area contributed by atoms with Gasteiger partial charge in [0.05, 0.1) is 0 Å². The summed E-state index contributed by atoms with van der Waals surface area (Å²) in [5, 5.41) is 0. The van der Waals surface area contributed by atoms with E-state index in [1.807, 2.05) is 6.92 Å². The minimum Gasteiger partial charge on any atom is -0.483 e. The first-order chi connectivity index (χ1) is 14.3. The zero-order valence-corrected chi connectivity index (χ0v) is 16.0. The summed E-state index contributed by atoms with van der Waals surface area (Å²) in [7, 11) is 0. The van der Waals surface area contributed by atoms with Gasteiger partial charge in [0.25, 0.3) is 0 Å². The highest BCUT2D eigenvalue weighted by atomic mass is 19.2. The summed E-state index contributed by atoms with van der Waals surface area (Å²) < 4.78 is 87.7. The highest BCUT2D eigenvalue weighted by Gasteiger charge is 2.17. The van der Waals surface area contributed by atoms with Crippen LogP contribution in [-0.4, -0.2) is 0 Å². The molecule has 158 valence electrons. The Bertz CT molecular complexity index is 1020. The van der Waals surface area contributed by atoms with Gasteiger partial charge in [-0.15, -0.1) is 0 Å². The maximum atomic E-state index is 14.4. The lowest BCUT2D eigenvalue weighted by Crippen LogP contribution is -2.03. The first-order valence-corrected chi connectivity index (χ1v) is 9.34. The molecule has 0 saturated heterocycles. The number of hydrogen-bond donors (Lipinski definition) is 0. The largest absolute Gasteiger partial charge is 0.483 e. The van der Waals surface area contributed by atoms with Crippen LogP contribution in [0.4, 0.5) is 26.3 Å². The minimum absolute atomic E-state index is 0.0178. The number of halogens is 6. The topological polar surface area (TPSA) is 9.23 Å². The summed E-state index contributed by atoms with van der Waals surface area (Å²) in [6, 6.07) is 7.65. The zero-order valence-electron chi connectivity index (χ0n) is 16.0. The summed E-state index contributed by atoms with van der Waals surface area (Å²) >= 11 is 0. The maximum Gasteiger partial charge on any atom is 0.194 e. The van der Waals surface area contributed by atoms with E-state index >= 15 is 0 Å². The molecule has 3 rings (SSSR count). The number of hydrogen-bond acceptors (Lipinski definition) is 1. The van der Waals surface area contributed by atoms with Crippen molar-refractivity contribution < 1.29 is 31.1 Å². The standard InChI is InChI=1S/C23H18F6O/c1-2-3-4-13-5-6-16(17(24)7-13)15-10-20(27)23(21(28)11-15)30-12-14-8-18(25)22(29)19(26)9-14/h5-11H,2-4,12H2,1H3. The van der Waals surface area contributed by atoms with E-state index in [1.165, 1.54) is 12.1 Å². The molecule has 0 aliphatic carbocycles. The van der Waals surface area contributed by atoms with Crippen LogP contribution < -0.4 is 4.74 Å². The van der Waals surface area contributed by atoms with E-state index in [0.29, 0.717) is 18.6 Å². The molecule has 0 N–H and O–H groups in total. The molecule has 3 aromatic rings. The molecule has 0 unspecified atom stereocenters. The van der Waals surface area contributed by atoms with E-state index in [-0.39, 0.29) is 16.7 Å². The quantitative estimate of drug-likeness (QED) is 0.290.